The van der Waals surface area contributed by atoms with Gasteiger partial charge < -0.3 is 9.88 Å². The number of pyridine rings is 1. The lowest BCUT2D eigenvalue weighted by molar-refractivity contribution is 0.0713. The van der Waals surface area contributed by atoms with Gasteiger partial charge in [-0.15, -0.1) is 0 Å². The van der Waals surface area contributed by atoms with Crippen LogP contribution in [0.5, 0.6) is 0 Å². The van der Waals surface area contributed by atoms with E-state index in [0.717, 1.165) is 37.1 Å². The third-order valence-electron chi connectivity index (χ3n) is 6.94. The van der Waals surface area contributed by atoms with Crippen molar-refractivity contribution >= 4 is 16.9 Å². The Hall–Kier alpha value is -2.62. The van der Waals surface area contributed by atoms with Crippen molar-refractivity contribution in [2.24, 2.45) is 0 Å². The molecule has 0 unspecified atom stereocenters. The highest BCUT2D eigenvalue weighted by molar-refractivity contribution is 5.94. The lowest BCUT2D eigenvalue weighted by Gasteiger charge is -2.32. The molecule has 1 saturated carbocycles. The fourth-order valence-corrected chi connectivity index (χ4v) is 5.22. The second-order valence-corrected chi connectivity index (χ2v) is 8.67. The third kappa shape index (κ3) is 3.68. The molecule has 3 heterocycles. The Kier molecular flexibility index (Phi) is 5.09. The molecule has 4 heteroatoms. The number of likely N-dealkylation sites (tertiary alicyclic amines) is 1. The number of amides is 1. The highest BCUT2D eigenvalue weighted by Gasteiger charge is 2.26. The number of rotatable bonds is 3. The van der Waals surface area contributed by atoms with E-state index in [1.807, 2.05) is 29.3 Å². The van der Waals surface area contributed by atoms with E-state index in [1.54, 1.807) is 0 Å². The number of hydrogen-bond donors (Lipinski definition) is 1. The van der Waals surface area contributed by atoms with Crippen molar-refractivity contribution in [3.05, 3.63) is 65.5 Å². The molecule has 29 heavy (non-hydrogen) atoms. The number of nitrogens with one attached hydrogen (secondary N) is 1. The molecule has 1 aromatic carbocycles. The first kappa shape index (κ1) is 18.4. The summed E-state index contributed by atoms with van der Waals surface area (Å²) in [6.07, 6.45) is 12.6. The van der Waals surface area contributed by atoms with Gasteiger partial charge in [0.25, 0.3) is 5.91 Å². The van der Waals surface area contributed by atoms with E-state index in [1.165, 1.54) is 48.6 Å². The zero-order valence-electron chi connectivity index (χ0n) is 16.9. The molecule has 1 aliphatic carbocycles. The van der Waals surface area contributed by atoms with Crippen molar-refractivity contribution in [3.63, 3.8) is 0 Å². The molecule has 0 bridgehead atoms. The first-order valence-corrected chi connectivity index (χ1v) is 11.1. The van der Waals surface area contributed by atoms with Gasteiger partial charge in [0.1, 0.15) is 5.65 Å². The van der Waals surface area contributed by atoms with Gasteiger partial charge in [-0.25, -0.2) is 4.98 Å². The van der Waals surface area contributed by atoms with Gasteiger partial charge in [-0.05, 0) is 72.9 Å². The average molecular weight is 388 g/mol. The topological polar surface area (TPSA) is 49.0 Å². The van der Waals surface area contributed by atoms with Gasteiger partial charge in [-0.1, -0.05) is 31.4 Å². The molecule has 1 saturated heterocycles. The zero-order chi connectivity index (χ0) is 19.6. The Morgan fingerprint density at radius 2 is 1.69 bits per heavy atom. The lowest BCUT2D eigenvalue weighted by atomic mass is 9.84. The quantitative estimate of drug-likeness (QED) is 0.633. The Morgan fingerprint density at radius 3 is 2.45 bits per heavy atom. The van der Waals surface area contributed by atoms with Gasteiger partial charge in [0.2, 0.25) is 0 Å². The van der Waals surface area contributed by atoms with E-state index in [4.69, 9.17) is 0 Å². The minimum Gasteiger partial charge on any atom is -0.346 e. The van der Waals surface area contributed by atoms with Gasteiger partial charge in [-0.3, -0.25) is 4.79 Å². The Bertz CT molecular complexity index is 977. The molecule has 0 atom stereocenters. The standard InChI is InChI=1S/C25H29N3O/c29-25(21-10-8-19(9-11-21)18-5-2-1-3-6-18)28-15-12-20(13-16-28)23-17-27-24-22(23)7-4-14-26-24/h4,7-11,14,17-18,20H,1-3,5-6,12-13,15-16H2,(H,26,27). The van der Waals surface area contributed by atoms with Crippen molar-refractivity contribution < 1.29 is 4.79 Å². The summed E-state index contributed by atoms with van der Waals surface area (Å²) in [6.45, 7) is 1.64. The normalized spacial score (nSPS) is 19.0. The Morgan fingerprint density at radius 1 is 0.931 bits per heavy atom. The fraction of sp³-hybridized carbons (Fsp3) is 0.440. The molecule has 2 fully saturated rings. The predicted octanol–water partition coefficient (Wildman–Crippen LogP) is 5.63. The minimum absolute atomic E-state index is 0.180. The summed E-state index contributed by atoms with van der Waals surface area (Å²) in [5.74, 6) is 1.36. The van der Waals surface area contributed by atoms with Crippen LogP contribution in [0.15, 0.2) is 48.8 Å². The fourth-order valence-electron chi connectivity index (χ4n) is 5.22. The maximum atomic E-state index is 13.0. The number of aromatic amines is 1. The number of carbonyl (C=O) groups excluding carboxylic acids is 1. The first-order chi connectivity index (χ1) is 14.3. The molecule has 4 nitrogen and oxygen atoms in total. The molecule has 0 spiro atoms. The SMILES string of the molecule is O=C(c1ccc(C2CCCCC2)cc1)N1CCC(c2c[nH]c3ncccc23)CC1. The van der Waals surface area contributed by atoms with Crippen molar-refractivity contribution in [3.8, 4) is 0 Å². The second-order valence-electron chi connectivity index (χ2n) is 8.67. The van der Waals surface area contributed by atoms with Crippen molar-refractivity contribution in [2.75, 3.05) is 13.1 Å². The van der Waals surface area contributed by atoms with Gasteiger partial charge in [-0.2, -0.15) is 0 Å². The third-order valence-corrected chi connectivity index (χ3v) is 6.94. The lowest BCUT2D eigenvalue weighted by Crippen LogP contribution is -2.37. The van der Waals surface area contributed by atoms with E-state index in [2.05, 4.69) is 34.4 Å². The molecule has 5 rings (SSSR count). The summed E-state index contributed by atoms with van der Waals surface area (Å²) in [7, 11) is 0. The molecule has 1 aliphatic heterocycles. The summed E-state index contributed by atoms with van der Waals surface area (Å²) in [5, 5.41) is 1.22. The zero-order valence-corrected chi connectivity index (χ0v) is 16.9. The Labute approximate surface area is 172 Å². The van der Waals surface area contributed by atoms with Gasteiger partial charge in [0, 0.05) is 36.4 Å². The summed E-state index contributed by atoms with van der Waals surface area (Å²) in [4.78, 5) is 22.7. The number of piperidine rings is 1. The van der Waals surface area contributed by atoms with Crippen molar-refractivity contribution in [1.82, 2.24) is 14.9 Å². The van der Waals surface area contributed by atoms with Crippen LogP contribution < -0.4 is 0 Å². The van der Waals surface area contributed by atoms with E-state index in [0.29, 0.717) is 11.8 Å². The van der Waals surface area contributed by atoms with Crippen LogP contribution in [0, 0.1) is 0 Å². The maximum Gasteiger partial charge on any atom is 0.253 e. The van der Waals surface area contributed by atoms with Crippen LogP contribution in [0.25, 0.3) is 11.0 Å². The van der Waals surface area contributed by atoms with Crippen LogP contribution in [0.3, 0.4) is 0 Å². The molecule has 1 amide bonds. The van der Waals surface area contributed by atoms with Gasteiger partial charge in [0.15, 0.2) is 0 Å². The number of fused-ring (bicyclic) bond motifs is 1. The van der Waals surface area contributed by atoms with Crippen LogP contribution in [0.1, 0.15) is 78.3 Å². The molecule has 3 aromatic rings. The van der Waals surface area contributed by atoms with Crippen LogP contribution in [0.4, 0.5) is 0 Å². The van der Waals surface area contributed by atoms with E-state index >= 15 is 0 Å². The van der Waals surface area contributed by atoms with Gasteiger partial charge >= 0.3 is 0 Å². The van der Waals surface area contributed by atoms with E-state index < -0.39 is 0 Å². The largest absolute Gasteiger partial charge is 0.346 e. The average Bonchev–Trinajstić information content (AvgIpc) is 3.24. The molecule has 0 radical (unpaired) electrons. The van der Waals surface area contributed by atoms with Crippen LogP contribution >= 0.6 is 0 Å². The van der Waals surface area contributed by atoms with E-state index in [9.17, 15) is 4.79 Å². The van der Waals surface area contributed by atoms with Gasteiger partial charge in [0.05, 0.1) is 0 Å². The number of benzene rings is 1. The Balaban J connectivity index is 1.23. The van der Waals surface area contributed by atoms with Crippen LogP contribution in [-0.2, 0) is 0 Å². The van der Waals surface area contributed by atoms with Crippen LogP contribution in [-0.4, -0.2) is 33.9 Å². The minimum atomic E-state index is 0.180. The maximum absolute atomic E-state index is 13.0. The number of carbonyl (C=O) groups is 1. The summed E-state index contributed by atoms with van der Waals surface area (Å²) in [6, 6.07) is 12.6. The molecular formula is C25H29N3O. The summed E-state index contributed by atoms with van der Waals surface area (Å²) < 4.78 is 0. The number of hydrogen-bond acceptors (Lipinski definition) is 2. The predicted molar refractivity (Wildman–Crippen MR) is 116 cm³/mol. The second kappa shape index (κ2) is 8.02. The summed E-state index contributed by atoms with van der Waals surface area (Å²) in [5.41, 5.74) is 4.54. The number of nitrogens with zero attached hydrogens (tertiary/aromatic N) is 2. The number of aromatic nitrogens is 2. The monoisotopic (exact) mass is 387 g/mol. The molecule has 2 aliphatic rings. The van der Waals surface area contributed by atoms with E-state index in [-0.39, 0.29) is 5.91 Å². The molecule has 2 aromatic heterocycles. The smallest absolute Gasteiger partial charge is 0.253 e. The molecule has 1 N–H and O–H groups in total. The first-order valence-electron chi connectivity index (χ1n) is 11.1. The molecule has 150 valence electrons. The van der Waals surface area contributed by atoms with Crippen molar-refractivity contribution in [1.29, 1.82) is 0 Å². The summed E-state index contributed by atoms with van der Waals surface area (Å²) >= 11 is 0. The molecular weight excluding hydrogens is 358 g/mol. The van der Waals surface area contributed by atoms with Crippen molar-refractivity contribution in [2.45, 2.75) is 56.8 Å². The number of H-pyrrole nitrogens is 1. The highest BCUT2D eigenvalue weighted by atomic mass is 16.2. The van der Waals surface area contributed by atoms with Crippen LogP contribution in [0.2, 0.25) is 0 Å². The highest BCUT2D eigenvalue weighted by Crippen LogP contribution is 2.34.